The number of aromatic carboxylic acids is 1. The summed E-state index contributed by atoms with van der Waals surface area (Å²) < 4.78 is 5.24. The van der Waals surface area contributed by atoms with Gasteiger partial charge >= 0.3 is 12.0 Å². The van der Waals surface area contributed by atoms with Gasteiger partial charge in [-0.2, -0.15) is 0 Å². The summed E-state index contributed by atoms with van der Waals surface area (Å²) in [7, 11) is 1.53. The number of hydrogen-bond donors (Lipinski definition) is 5. The minimum Gasteiger partial charge on any atom is -0.501 e. The first-order valence-electron chi connectivity index (χ1n) is 8.73. The van der Waals surface area contributed by atoms with Crippen LogP contribution in [-0.2, 0) is 6.54 Å². The minimum absolute atomic E-state index is 0.115. The molecule has 10 nitrogen and oxygen atoms in total. The third-order valence-electron chi connectivity index (χ3n) is 4.16. The molecule has 3 rings (SSSR count). The molecule has 5 N–H and O–H groups in total. The molecule has 0 aliphatic heterocycles. The lowest BCUT2D eigenvalue weighted by Gasteiger charge is -2.13. The molecule has 10 heteroatoms. The average Bonchev–Trinajstić information content (AvgIpc) is 2.74. The van der Waals surface area contributed by atoms with E-state index in [1.165, 1.54) is 13.2 Å². The number of nitrogens with zero attached hydrogens (tertiary/aromatic N) is 1. The Labute approximate surface area is 170 Å². The van der Waals surface area contributed by atoms with E-state index in [9.17, 15) is 19.5 Å². The molecule has 2 amide bonds. The third kappa shape index (κ3) is 4.38. The van der Waals surface area contributed by atoms with Crippen molar-refractivity contribution in [2.45, 2.75) is 6.54 Å². The van der Waals surface area contributed by atoms with E-state index in [4.69, 9.17) is 9.84 Å². The number of rotatable bonds is 6. The van der Waals surface area contributed by atoms with E-state index >= 15 is 0 Å². The number of aromatic amines is 1. The van der Waals surface area contributed by atoms with Gasteiger partial charge in [0.05, 0.1) is 12.8 Å². The molecular weight excluding hydrogens is 392 g/mol. The Morgan fingerprint density at radius 1 is 1.13 bits per heavy atom. The molecule has 0 atom stereocenters. The van der Waals surface area contributed by atoms with Gasteiger partial charge in [0.25, 0.3) is 5.56 Å². The predicted octanol–water partition coefficient (Wildman–Crippen LogP) is 2.17. The lowest BCUT2D eigenvalue weighted by atomic mass is 10.1. The zero-order chi connectivity index (χ0) is 21.7. The highest BCUT2D eigenvalue weighted by Crippen LogP contribution is 2.25. The predicted molar refractivity (Wildman–Crippen MR) is 108 cm³/mol. The summed E-state index contributed by atoms with van der Waals surface area (Å²) in [5.74, 6) is -2.04. The topological polar surface area (TPSA) is 154 Å². The van der Waals surface area contributed by atoms with E-state index in [2.05, 4.69) is 20.6 Å². The zero-order valence-corrected chi connectivity index (χ0v) is 15.8. The minimum atomic E-state index is -1.56. The van der Waals surface area contributed by atoms with Crippen molar-refractivity contribution in [3.8, 4) is 22.9 Å². The Morgan fingerprint density at radius 3 is 2.57 bits per heavy atom. The van der Waals surface area contributed by atoms with Gasteiger partial charge in [0, 0.05) is 17.7 Å². The van der Waals surface area contributed by atoms with E-state index in [0.29, 0.717) is 5.75 Å². The summed E-state index contributed by atoms with van der Waals surface area (Å²) >= 11 is 0. The summed E-state index contributed by atoms with van der Waals surface area (Å²) in [5, 5.41) is 24.1. The molecule has 0 aliphatic carbocycles. The van der Waals surface area contributed by atoms with Crippen molar-refractivity contribution in [2.24, 2.45) is 0 Å². The Hall–Kier alpha value is -4.34. The standard InChI is InChI=1S/C20H18N4O6/c1-30-14-9-5-2-6-11(14)10-21-20(29)22-13-8-4-3-7-12(13)17-23-15(19(27)28)16(25)18(26)24-17/h2-9,25H,10H2,1H3,(H,27,28)(H2,21,22,29)(H,23,24,26). The highest BCUT2D eigenvalue weighted by atomic mass is 16.5. The maximum atomic E-state index is 12.4. The van der Waals surface area contributed by atoms with Crippen LogP contribution in [0.2, 0.25) is 0 Å². The number of carbonyl (C=O) groups excluding carboxylic acids is 1. The largest absolute Gasteiger partial charge is 0.501 e. The van der Waals surface area contributed by atoms with E-state index in [-0.39, 0.29) is 23.6 Å². The van der Waals surface area contributed by atoms with Crippen molar-refractivity contribution in [3.63, 3.8) is 0 Å². The third-order valence-corrected chi connectivity index (χ3v) is 4.16. The molecule has 0 spiro atoms. The van der Waals surface area contributed by atoms with E-state index in [1.807, 2.05) is 18.2 Å². The second-order valence-electron chi connectivity index (χ2n) is 6.08. The SMILES string of the molecule is COc1ccccc1CNC(=O)Nc1ccccc1-c1nc(C(=O)O)c(O)c(=O)[nH]1. The zero-order valence-electron chi connectivity index (χ0n) is 15.8. The summed E-state index contributed by atoms with van der Waals surface area (Å²) in [6.45, 7) is 0.204. The first-order valence-corrected chi connectivity index (χ1v) is 8.73. The number of H-pyrrole nitrogens is 1. The van der Waals surface area contributed by atoms with Gasteiger partial charge in [-0.05, 0) is 18.2 Å². The number of carboxylic acids is 1. The fourth-order valence-corrected chi connectivity index (χ4v) is 2.73. The van der Waals surface area contributed by atoms with Crippen molar-refractivity contribution in [2.75, 3.05) is 12.4 Å². The second kappa shape index (κ2) is 8.78. The van der Waals surface area contributed by atoms with Crippen molar-refractivity contribution in [1.29, 1.82) is 0 Å². The highest BCUT2D eigenvalue weighted by molar-refractivity contribution is 5.94. The molecule has 0 unspecified atom stereocenters. The molecule has 30 heavy (non-hydrogen) atoms. The van der Waals surface area contributed by atoms with Crippen LogP contribution in [0.5, 0.6) is 11.5 Å². The molecule has 0 saturated heterocycles. The van der Waals surface area contributed by atoms with Gasteiger partial charge in [-0.3, -0.25) is 4.79 Å². The van der Waals surface area contributed by atoms with Crippen LogP contribution in [0.15, 0.2) is 53.3 Å². The number of urea groups is 1. The quantitative estimate of drug-likeness (QED) is 0.417. The van der Waals surface area contributed by atoms with Gasteiger partial charge < -0.3 is 30.6 Å². The first-order chi connectivity index (χ1) is 14.4. The first kappa shape index (κ1) is 20.4. The van der Waals surface area contributed by atoms with Crippen LogP contribution >= 0.6 is 0 Å². The summed E-state index contributed by atoms with van der Waals surface area (Å²) in [6, 6.07) is 13.1. The van der Waals surface area contributed by atoms with Crippen LogP contribution in [0.4, 0.5) is 10.5 Å². The van der Waals surface area contributed by atoms with Crippen LogP contribution in [0, 0.1) is 0 Å². The van der Waals surface area contributed by atoms with Gasteiger partial charge in [0.15, 0.2) is 5.69 Å². The number of nitrogens with one attached hydrogen (secondary N) is 3. The maximum absolute atomic E-state index is 12.4. The van der Waals surface area contributed by atoms with Crippen molar-refractivity contribution >= 4 is 17.7 Å². The smallest absolute Gasteiger partial charge is 0.358 e. The number of benzene rings is 2. The van der Waals surface area contributed by atoms with Gasteiger partial charge in [-0.15, -0.1) is 0 Å². The van der Waals surface area contributed by atoms with E-state index < -0.39 is 29.0 Å². The van der Waals surface area contributed by atoms with Crippen LogP contribution in [-0.4, -0.2) is 39.3 Å². The van der Waals surface area contributed by atoms with Crippen LogP contribution in [0.25, 0.3) is 11.4 Å². The Morgan fingerprint density at radius 2 is 1.83 bits per heavy atom. The number of carboxylic acid groups (broad SMARTS) is 1. The van der Waals surface area contributed by atoms with Crippen molar-refractivity contribution in [3.05, 3.63) is 70.1 Å². The lowest BCUT2D eigenvalue weighted by Crippen LogP contribution is -2.28. The van der Waals surface area contributed by atoms with Crippen LogP contribution < -0.4 is 20.9 Å². The number of carbonyl (C=O) groups is 2. The molecule has 0 aliphatic rings. The van der Waals surface area contributed by atoms with Crippen LogP contribution in [0.1, 0.15) is 16.1 Å². The molecule has 2 aromatic carbocycles. The van der Waals surface area contributed by atoms with E-state index in [0.717, 1.165) is 5.56 Å². The van der Waals surface area contributed by atoms with Gasteiger partial charge in [-0.25, -0.2) is 14.6 Å². The molecule has 1 aromatic heterocycles. The fourth-order valence-electron chi connectivity index (χ4n) is 2.73. The molecule has 0 saturated carbocycles. The van der Waals surface area contributed by atoms with Gasteiger partial charge in [-0.1, -0.05) is 30.3 Å². The molecule has 154 valence electrons. The van der Waals surface area contributed by atoms with E-state index in [1.54, 1.807) is 24.3 Å². The Kier molecular flexibility index (Phi) is 5.97. The number of methoxy groups -OCH3 is 1. The monoisotopic (exact) mass is 410 g/mol. The number of para-hydroxylation sites is 2. The van der Waals surface area contributed by atoms with Gasteiger partial charge in [0.2, 0.25) is 5.75 Å². The Balaban J connectivity index is 1.83. The Bertz CT molecular complexity index is 1160. The van der Waals surface area contributed by atoms with Crippen molar-refractivity contribution < 1.29 is 24.5 Å². The lowest BCUT2D eigenvalue weighted by molar-refractivity contribution is 0.0686. The maximum Gasteiger partial charge on any atom is 0.358 e. The number of aromatic hydroxyl groups is 1. The number of hydrogen-bond acceptors (Lipinski definition) is 6. The fraction of sp³-hybridized carbons (Fsp3) is 0.100. The number of amides is 2. The van der Waals surface area contributed by atoms with Gasteiger partial charge in [0.1, 0.15) is 11.6 Å². The molecule has 1 heterocycles. The summed E-state index contributed by atoms with van der Waals surface area (Å²) in [6.07, 6.45) is 0. The molecule has 3 aromatic rings. The highest BCUT2D eigenvalue weighted by Gasteiger charge is 2.19. The number of anilines is 1. The molecule has 0 radical (unpaired) electrons. The average molecular weight is 410 g/mol. The number of ether oxygens (including phenoxy) is 1. The molecule has 0 bridgehead atoms. The molecule has 0 fully saturated rings. The second-order valence-corrected chi connectivity index (χ2v) is 6.08. The van der Waals surface area contributed by atoms with Crippen molar-refractivity contribution in [1.82, 2.24) is 15.3 Å². The van der Waals surface area contributed by atoms with Crippen LogP contribution in [0.3, 0.4) is 0 Å². The molecular formula is C20H18N4O6. The summed E-state index contributed by atoms with van der Waals surface area (Å²) in [4.78, 5) is 41.6. The summed E-state index contributed by atoms with van der Waals surface area (Å²) in [5.41, 5.74) is -0.471. The normalized spacial score (nSPS) is 10.3. The number of aromatic nitrogens is 2.